The van der Waals surface area contributed by atoms with Crippen molar-refractivity contribution in [2.75, 3.05) is 4.72 Å². The fourth-order valence-electron chi connectivity index (χ4n) is 1.46. The van der Waals surface area contributed by atoms with Crippen molar-refractivity contribution < 1.29 is 8.42 Å². The first-order chi connectivity index (χ1) is 9.47. The Hall–Kier alpha value is -1.51. The van der Waals surface area contributed by atoms with Crippen molar-refractivity contribution in [3.05, 3.63) is 35.0 Å². The first-order valence-electron chi connectivity index (χ1n) is 6.06. The van der Waals surface area contributed by atoms with Crippen LogP contribution < -0.4 is 10.0 Å². The zero-order valence-corrected chi connectivity index (χ0v) is 12.8. The Kier molecular flexibility index (Phi) is 4.69. The summed E-state index contributed by atoms with van der Waals surface area (Å²) >= 11 is 1.42. The third-order valence-corrected chi connectivity index (χ3v) is 4.88. The summed E-state index contributed by atoms with van der Waals surface area (Å²) in [5.74, 6) is 0. The number of anilines is 1. The van der Waals surface area contributed by atoms with Gasteiger partial charge in [0.05, 0.1) is 23.0 Å². The van der Waals surface area contributed by atoms with Crippen molar-refractivity contribution in [2.24, 2.45) is 0 Å². The smallest absolute Gasteiger partial charge is 0.262 e. The van der Waals surface area contributed by atoms with Crippen molar-refractivity contribution in [3.8, 4) is 0 Å². The minimum atomic E-state index is -3.58. The monoisotopic (exact) mass is 312 g/mol. The van der Waals surface area contributed by atoms with Gasteiger partial charge in [-0.1, -0.05) is 13.8 Å². The van der Waals surface area contributed by atoms with Gasteiger partial charge in [-0.3, -0.25) is 4.72 Å². The summed E-state index contributed by atoms with van der Waals surface area (Å²) in [6.07, 6.45) is 4.17. The topological polar surface area (TPSA) is 84.0 Å². The molecule has 108 valence electrons. The lowest BCUT2D eigenvalue weighted by atomic mass is 10.4. The maximum atomic E-state index is 12.2. The minimum Gasteiger partial charge on any atom is -0.310 e. The summed E-state index contributed by atoms with van der Waals surface area (Å²) < 4.78 is 26.8. The summed E-state index contributed by atoms with van der Waals surface area (Å²) in [7, 11) is -3.58. The average molecular weight is 312 g/mol. The molecule has 0 saturated heterocycles. The number of sulfonamides is 1. The highest BCUT2D eigenvalue weighted by atomic mass is 32.2. The molecule has 0 atom stereocenters. The Morgan fingerprint density at radius 1 is 1.30 bits per heavy atom. The van der Waals surface area contributed by atoms with E-state index in [4.69, 9.17) is 0 Å². The first kappa shape index (κ1) is 14.9. The summed E-state index contributed by atoms with van der Waals surface area (Å²) in [6, 6.07) is 2.03. The standard InChI is InChI=1S/C12H16N4O2S2/c1-9(2)15-6-11-3-12(7-19-11)20(17,18)16-10-4-13-8-14-5-10/h3-5,7-9,15-16H,6H2,1-2H3. The van der Waals surface area contributed by atoms with Gasteiger partial charge in [-0.25, -0.2) is 18.4 Å². The van der Waals surface area contributed by atoms with Crippen molar-refractivity contribution >= 4 is 27.0 Å². The van der Waals surface area contributed by atoms with Crippen LogP contribution in [0.5, 0.6) is 0 Å². The molecule has 0 aromatic carbocycles. The summed E-state index contributed by atoms with van der Waals surface area (Å²) in [5.41, 5.74) is 0.348. The van der Waals surface area contributed by atoms with E-state index >= 15 is 0 Å². The number of aromatic nitrogens is 2. The highest BCUT2D eigenvalue weighted by Gasteiger charge is 2.16. The van der Waals surface area contributed by atoms with Crippen LogP contribution in [0.2, 0.25) is 0 Å². The van der Waals surface area contributed by atoms with E-state index in [1.54, 1.807) is 11.4 Å². The molecule has 0 bridgehead atoms. The van der Waals surface area contributed by atoms with Gasteiger partial charge >= 0.3 is 0 Å². The van der Waals surface area contributed by atoms with Gasteiger partial charge in [-0.15, -0.1) is 11.3 Å². The van der Waals surface area contributed by atoms with Crippen LogP contribution in [0.25, 0.3) is 0 Å². The van der Waals surface area contributed by atoms with Crippen molar-refractivity contribution in [3.63, 3.8) is 0 Å². The van der Waals surface area contributed by atoms with Crippen LogP contribution >= 0.6 is 11.3 Å². The molecule has 0 fully saturated rings. The second kappa shape index (κ2) is 6.29. The highest BCUT2D eigenvalue weighted by Crippen LogP contribution is 2.21. The van der Waals surface area contributed by atoms with Gasteiger partial charge in [0, 0.05) is 22.8 Å². The molecule has 2 N–H and O–H groups in total. The Labute approximate surface area is 122 Å². The zero-order valence-electron chi connectivity index (χ0n) is 11.2. The quantitative estimate of drug-likeness (QED) is 0.850. The molecule has 2 aromatic rings. The van der Waals surface area contributed by atoms with Crippen LogP contribution in [0.1, 0.15) is 18.7 Å². The maximum absolute atomic E-state index is 12.2. The summed E-state index contributed by atoms with van der Waals surface area (Å²) in [5, 5.41) is 4.88. The average Bonchev–Trinajstić information content (AvgIpc) is 2.86. The first-order valence-corrected chi connectivity index (χ1v) is 8.42. The second-order valence-electron chi connectivity index (χ2n) is 4.52. The van der Waals surface area contributed by atoms with Crippen molar-refractivity contribution in [1.82, 2.24) is 15.3 Å². The predicted octanol–water partition coefficient (Wildman–Crippen LogP) is 1.84. The van der Waals surface area contributed by atoms with E-state index in [1.165, 1.54) is 30.1 Å². The van der Waals surface area contributed by atoms with Gasteiger partial charge in [-0.05, 0) is 6.07 Å². The van der Waals surface area contributed by atoms with E-state index in [9.17, 15) is 8.42 Å². The molecule has 0 aliphatic rings. The molecule has 2 heterocycles. The third-order valence-electron chi connectivity index (χ3n) is 2.44. The molecule has 0 spiro atoms. The number of thiophene rings is 1. The Morgan fingerprint density at radius 2 is 2.00 bits per heavy atom. The number of hydrogen-bond donors (Lipinski definition) is 2. The van der Waals surface area contributed by atoms with Gasteiger partial charge < -0.3 is 5.32 Å². The lowest BCUT2D eigenvalue weighted by molar-refractivity contribution is 0.592. The molecule has 0 aliphatic carbocycles. The Bertz CT molecular complexity index is 653. The maximum Gasteiger partial charge on any atom is 0.262 e. The second-order valence-corrected chi connectivity index (χ2v) is 7.20. The van der Waals surface area contributed by atoms with Crippen LogP contribution in [-0.2, 0) is 16.6 Å². The lowest BCUT2D eigenvalue weighted by Crippen LogP contribution is -2.21. The van der Waals surface area contributed by atoms with E-state index in [0.29, 0.717) is 18.3 Å². The van der Waals surface area contributed by atoms with Crippen LogP contribution in [0.3, 0.4) is 0 Å². The lowest BCUT2D eigenvalue weighted by Gasteiger charge is -2.06. The molecule has 0 amide bonds. The largest absolute Gasteiger partial charge is 0.310 e. The molecule has 20 heavy (non-hydrogen) atoms. The summed E-state index contributed by atoms with van der Waals surface area (Å²) in [4.78, 5) is 8.77. The van der Waals surface area contributed by atoms with E-state index in [1.807, 2.05) is 13.8 Å². The fraction of sp³-hybridized carbons (Fsp3) is 0.333. The van der Waals surface area contributed by atoms with E-state index in [0.717, 1.165) is 4.88 Å². The molecule has 2 aromatic heterocycles. The van der Waals surface area contributed by atoms with Gasteiger partial charge in [0.15, 0.2) is 0 Å². The van der Waals surface area contributed by atoms with Crippen molar-refractivity contribution in [1.29, 1.82) is 0 Å². The van der Waals surface area contributed by atoms with Crippen LogP contribution in [0.4, 0.5) is 5.69 Å². The number of hydrogen-bond acceptors (Lipinski definition) is 6. The molecule has 6 nitrogen and oxygen atoms in total. The molecule has 0 unspecified atom stereocenters. The number of nitrogens with zero attached hydrogens (tertiary/aromatic N) is 2. The molecular weight excluding hydrogens is 296 g/mol. The fourth-order valence-corrected chi connectivity index (χ4v) is 3.72. The minimum absolute atomic E-state index is 0.256. The summed E-state index contributed by atoms with van der Waals surface area (Å²) in [6.45, 7) is 4.75. The van der Waals surface area contributed by atoms with Crippen LogP contribution in [0, 0.1) is 0 Å². The van der Waals surface area contributed by atoms with Gasteiger partial charge in [0.1, 0.15) is 6.33 Å². The molecule has 8 heteroatoms. The molecule has 0 aliphatic heterocycles. The normalized spacial score (nSPS) is 11.8. The van der Waals surface area contributed by atoms with Crippen LogP contribution in [-0.4, -0.2) is 24.4 Å². The third kappa shape index (κ3) is 3.99. The van der Waals surface area contributed by atoms with Gasteiger partial charge in [0.2, 0.25) is 0 Å². The highest BCUT2D eigenvalue weighted by molar-refractivity contribution is 7.92. The molecule has 0 saturated carbocycles. The van der Waals surface area contributed by atoms with E-state index < -0.39 is 10.0 Å². The van der Waals surface area contributed by atoms with Gasteiger partial charge in [-0.2, -0.15) is 0 Å². The Morgan fingerprint density at radius 3 is 2.65 bits per heavy atom. The molecular formula is C12H16N4O2S2. The zero-order chi connectivity index (χ0) is 14.6. The van der Waals surface area contributed by atoms with E-state index in [-0.39, 0.29) is 4.90 Å². The SMILES string of the molecule is CC(C)NCc1cc(S(=O)(=O)Nc2cncnc2)cs1. The van der Waals surface area contributed by atoms with E-state index in [2.05, 4.69) is 20.0 Å². The predicted molar refractivity (Wildman–Crippen MR) is 79.1 cm³/mol. The molecule has 2 rings (SSSR count). The Balaban J connectivity index is 2.10. The molecule has 0 radical (unpaired) electrons. The van der Waals surface area contributed by atoms with Crippen LogP contribution in [0.15, 0.2) is 35.1 Å². The number of rotatable bonds is 6. The number of nitrogens with one attached hydrogen (secondary N) is 2. The van der Waals surface area contributed by atoms with Crippen molar-refractivity contribution in [2.45, 2.75) is 31.3 Å². The van der Waals surface area contributed by atoms with Gasteiger partial charge in [0.25, 0.3) is 10.0 Å².